The number of benzene rings is 2. The molecule has 1 aromatic heterocycles. The van der Waals surface area contributed by atoms with Crippen LogP contribution in [-0.2, 0) is 0 Å². The Morgan fingerprint density at radius 1 is 1.12 bits per heavy atom. The summed E-state index contributed by atoms with van der Waals surface area (Å²) >= 11 is 1.54. The van der Waals surface area contributed by atoms with E-state index in [9.17, 15) is 9.90 Å². The molecule has 24 heavy (non-hydrogen) atoms. The number of aliphatic hydroxyl groups excluding tert-OH is 1. The summed E-state index contributed by atoms with van der Waals surface area (Å²) in [4.78, 5) is 12.6. The zero-order valence-corrected chi connectivity index (χ0v) is 14.6. The van der Waals surface area contributed by atoms with Gasteiger partial charge in [-0.15, -0.1) is 11.3 Å². The molecule has 126 valence electrons. The van der Waals surface area contributed by atoms with Crippen LogP contribution in [0.15, 0.2) is 47.3 Å². The molecule has 2 N–H and O–H groups in total. The van der Waals surface area contributed by atoms with Gasteiger partial charge in [-0.3, -0.25) is 4.79 Å². The van der Waals surface area contributed by atoms with E-state index < -0.39 is 6.10 Å². The molecule has 0 aliphatic rings. The lowest BCUT2D eigenvalue weighted by molar-refractivity contribution is 0.105. The highest BCUT2D eigenvalue weighted by Gasteiger charge is 2.12. The van der Waals surface area contributed by atoms with E-state index in [2.05, 4.69) is 5.32 Å². The van der Waals surface area contributed by atoms with Gasteiger partial charge in [0.05, 0.1) is 4.70 Å². The van der Waals surface area contributed by atoms with E-state index in [1.54, 1.807) is 0 Å². The summed E-state index contributed by atoms with van der Waals surface area (Å²) in [6.45, 7) is 4.72. The Bertz CT molecular complexity index is 904. The fourth-order valence-corrected chi connectivity index (χ4v) is 3.66. The molecular weight excluding hydrogens is 322 g/mol. The molecule has 3 rings (SSSR count). The van der Waals surface area contributed by atoms with Crippen molar-refractivity contribution in [2.75, 3.05) is 13.2 Å². The van der Waals surface area contributed by atoms with Gasteiger partial charge in [0, 0.05) is 28.1 Å². The van der Waals surface area contributed by atoms with Crippen LogP contribution >= 0.6 is 11.3 Å². The molecule has 0 amide bonds. The van der Waals surface area contributed by atoms with Crippen LogP contribution in [0.3, 0.4) is 0 Å². The first-order valence-corrected chi connectivity index (χ1v) is 8.86. The van der Waals surface area contributed by atoms with Gasteiger partial charge in [0.2, 0.25) is 0 Å². The topological polar surface area (TPSA) is 58.6 Å². The number of fused-ring (bicyclic) bond motifs is 2. The molecule has 2 aromatic carbocycles. The number of aliphatic hydroxyl groups is 1. The predicted molar refractivity (Wildman–Crippen MR) is 100 cm³/mol. The van der Waals surface area contributed by atoms with Gasteiger partial charge in [-0.25, -0.2) is 0 Å². The summed E-state index contributed by atoms with van der Waals surface area (Å²) < 4.78 is 7.56. The van der Waals surface area contributed by atoms with Crippen molar-refractivity contribution in [3.63, 3.8) is 0 Å². The smallest absolute Gasteiger partial charge is 0.196 e. The molecule has 0 bridgehead atoms. The van der Waals surface area contributed by atoms with E-state index >= 15 is 0 Å². The van der Waals surface area contributed by atoms with Crippen molar-refractivity contribution in [2.24, 2.45) is 0 Å². The van der Waals surface area contributed by atoms with Gasteiger partial charge in [-0.2, -0.15) is 0 Å². The van der Waals surface area contributed by atoms with E-state index in [4.69, 9.17) is 4.74 Å². The number of hydrogen-bond donors (Lipinski definition) is 2. The van der Waals surface area contributed by atoms with E-state index in [0.29, 0.717) is 23.7 Å². The SMILES string of the molecule is CC(C)NCC(O)COc1cccc2c(=O)c3ccccc3sc12. The van der Waals surface area contributed by atoms with Crippen molar-refractivity contribution in [2.45, 2.75) is 26.0 Å². The van der Waals surface area contributed by atoms with Gasteiger partial charge < -0.3 is 15.2 Å². The number of nitrogens with one attached hydrogen (secondary N) is 1. The molecule has 4 nitrogen and oxygen atoms in total. The van der Waals surface area contributed by atoms with Gasteiger partial charge in [0.1, 0.15) is 18.5 Å². The van der Waals surface area contributed by atoms with Crippen LogP contribution in [0.2, 0.25) is 0 Å². The molecule has 0 fully saturated rings. The lowest BCUT2D eigenvalue weighted by Gasteiger charge is -2.15. The molecule has 3 aromatic rings. The zero-order valence-electron chi connectivity index (χ0n) is 13.8. The maximum absolute atomic E-state index is 12.6. The summed E-state index contributed by atoms with van der Waals surface area (Å²) in [5.41, 5.74) is 0.0202. The number of hydrogen-bond acceptors (Lipinski definition) is 5. The van der Waals surface area contributed by atoms with E-state index in [0.717, 1.165) is 14.8 Å². The van der Waals surface area contributed by atoms with Gasteiger partial charge in [-0.1, -0.05) is 32.0 Å². The first-order chi connectivity index (χ1) is 11.6. The molecule has 1 heterocycles. The van der Waals surface area contributed by atoms with Crippen LogP contribution in [0.1, 0.15) is 13.8 Å². The molecule has 0 saturated heterocycles. The predicted octanol–water partition coefficient (Wildman–Crippen LogP) is 3.15. The average Bonchev–Trinajstić information content (AvgIpc) is 2.58. The summed E-state index contributed by atoms with van der Waals surface area (Å²) in [7, 11) is 0. The maximum Gasteiger partial charge on any atom is 0.196 e. The average molecular weight is 343 g/mol. The van der Waals surface area contributed by atoms with Crippen molar-refractivity contribution in [1.29, 1.82) is 0 Å². The largest absolute Gasteiger partial charge is 0.489 e. The lowest BCUT2D eigenvalue weighted by Crippen LogP contribution is -2.35. The Kier molecular flexibility index (Phi) is 5.14. The van der Waals surface area contributed by atoms with Crippen LogP contribution in [0, 0.1) is 0 Å². The summed E-state index contributed by atoms with van der Waals surface area (Å²) in [6.07, 6.45) is -0.597. The Labute approximate surface area is 144 Å². The van der Waals surface area contributed by atoms with Crippen LogP contribution in [-0.4, -0.2) is 30.4 Å². The normalized spacial score (nSPS) is 12.8. The van der Waals surface area contributed by atoms with Gasteiger partial charge in [0.25, 0.3) is 0 Å². The third kappa shape index (κ3) is 3.59. The molecule has 0 saturated carbocycles. The standard InChI is InChI=1S/C19H21NO3S/c1-12(2)20-10-13(21)11-23-16-8-5-7-15-18(22)14-6-3-4-9-17(14)24-19(15)16/h3-9,12-13,20-21H,10-11H2,1-2H3. The zero-order chi connectivity index (χ0) is 17.1. The Hall–Kier alpha value is -1.95. The fraction of sp³-hybridized carbons (Fsp3) is 0.316. The number of ether oxygens (including phenoxy) is 1. The van der Waals surface area contributed by atoms with E-state index in [1.807, 2.05) is 56.3 Å². The quantitative estimate of drug-likeness (QED) is 0.675. The molecule has 5 heteroatoms. The summed E-state index contributed by atoms with van der Waals surface area (Å²) in [5.74, 6) is 0.643. The fourth-order valence-electron chi connectivity index (χ4n) is 2.53. The van der Waals surface area contributed by atoms with Crippen LogP contribution in [0.4, 0.5) is 0 Å². The Morgan fingerprint density at radius 3 is 2.67 bits per heavy atom. The van der Waals surface area contributed by atoms with Gasteiger partial charge >= 0.3 is 0 Å². The second kappa shape index (κ2) is 7.30. The van der Waals surface area contributed by atoms with Crippen LogP contribution < -0.4 is 15.5 Å². The van der Waals surface area contributed by atoms with Crippen molar-refractivity contribution >= 4 is 31.5 Å². The minimum atomic E-state index is -0.597. The summed E-state index contributed by atoms with van der Waals surface area (Å²) in [6, 6.07) is 13.4. The Morgan fingerprint density at radius 2 is 1.88 bits per heavy atom. The van der Waals surface area contributed by atoms with Gasteiger partial charge in [-0.05, 0) is 24.3 Å². The highest BCUT2D eigenvalue weighted by Crippen LogP contribution is 2.31. The first-order valence-electron chi connectivity index (χ1n) is 8.05. The van der Waals surface area contributed by atoms with Crippen LogP contribution in [0.25, 0.3) is 20.2 Å². The van der Waals surface area contributed by atoms with E-state index in [1.165, 1.54) is 11.3 Å². The molecule has 0 aliphatic heterocycles. The maximum atomic E-state index is 12.6. The molecule has 1 unspecified atom stereocenters. The van der Waals surface area contributed by atoms with Gasteiger partial charge in [0.15, 0.2) is 5.43 Å². The van der Waals surface area contributed by atoms with Crippen molar-refractivity contribution in [3.05, 3.63) is 52.7 Å². The monoisotopic (exact) mass is 343 g/mol. The highest BCUT2D eigenvalue weighted by molar-refractivity contribution is 7.24. The first kappa shape index (κ1) is 16.9. The molecule has 1 atom stereocenters. The van der Waals surface area contributed by atoms with Crippen molar-refractivity contribution in [1.82, 2.24) is 5.32 Å². The molecule has 0 aliphatic carbocycles. The second-order valence-electron chi connectivity index (χ2n) is 6.09. The molecule has 0 spiro atoms. The summed E-state index contributed by atoms with van der Waals surface area (Å²) in [5, 5.41) is 14.6. The van der Waals surface area contributed by atoms with Crippen molar-refractivity contribution in [3.8, 4) is 5.75 Å². The third-order valence-corrected chi connectivity index (χ3v) is 4.96. The van der Waals surface area contributed by atoms with Crippen LogP contribution in [0.5, 0.6) is 5.75 Å². The molecule has 0 radical (unpaired) electrons. The Balaban J connectivity index is 1.90. The van der Waals surface area contributed by atoms with Crippen molar-refractivity contribution < 1.29 is 9.84 Å². The second-order valence-corrected chi connectivity index (χ2v) is 7.14. The minimum Gasteiger partial charge on any atom is -0.489 e. The molecular formula is C19H21NO3S. The third-order valence-electron chi connectivity index (χ3n) is 3.76. The lowest BCUT2D eigenvalue weighted by atomic mass is 10.2. The number of rotatable bonds is 6. The minimum absolute atomic E-state index is 0.0202. The highest BCUT2D eigenvalue weighted by atomic mass is 32.1. The van der Waals surface area contributed by atoms with E-state index in [-0.39, 0.29) is 12.0 Å².